The van der Waals surface area contributed by atoms with Crippen molar-refractivity contribution >= 4 is 27.6 Å². The molecule has 0 fully saturated rings. The largest absolute Gasteiger partial charge is 0.478 e. The fourth-order valence-corrected chi connectivity index (χ4v) is 1.91. The van der Waals surface area contributed by atoms with Gasteiger partial charge in [-0.05, 0) is 24.3 Å². The number of halogens is 1. The number of non-ortho nitro benzene ring substituents is 1. The molecule has 0 bridgehead atoms. The van der Waals surface area contributed by atoms with E-state index < -0.39 is 10.9 Å². The lowest BCUT2D eigenvalue weighted by atomic mass is 10.2. The Labute approximate surface area is 121 Å². The number of aromatic carboxylic acids is 1. The van der Waals surface area contributed by atoms with Crippen molar-refractivity contribution in [3.05, 3.63) is 62.6 Å². The molecule has 0 spiro atoms. The highest BCUT2D eigenvalue weighted by Crippen LogP contribution is 2.29. The van der Waals surface area contributed by atoms with Gasteiger partial charge in [0.05, 0.1) is 11.0 Å². The van der Waals surface area contributed by atoms with Gasteiger partial charge in [0.15, 0.2) is 0 Å². The minimum absolute atomic E-state index is 0.0362. The number of carboxylic acids is 1. The van der Waals surface area contributed by atoms with Crippen molar-refractivity contribution < 1.29 is 19.6 Å². The van der Waals surface area contributed by atoms with Crippen LogP contribution in [0.2, 0.25) is 0 Å². The molecule has 6 nitrogen and oxygen atoms in total. The second kappa shape index (κ2) is 5.70. The summed E-state index contributed by atoms with van der Waals surface area (Å²) in [6.07, 6.45) is 0. The molecule has 0 saturated heterocycles. The summed E-state index contributed by atoms with van der Waals surface area (Å²) in [5.41, 5.74) is -0.164. The average molecular weight is 338 g/mol. The Morgan fingerprint density at radius 2 is 2.00 bits per heavy atom. The standard InChI is InChI=1S/C13H8BrNO5/c14-8-4-5-12(11(6-8)13(16)17)20-10-3-1-2-9(7-10)15(18)19/h1-7H,(H,16,17). The number of hydrogen-bond acceptors (Lipinski definition) is 4. The van der Waals surface area contributed by atoms with E-state index >= 15 is 0 Å². The van der Waals surface area contributed by atoms with Gasteiger partial charge in [-0.15, -0.1) is 0 Å². The molecule has 0 heterocycles. The molecule has 2 aromatic rings. The molecule has 0 aromatic heterocycles. The van der Waals surface area contributed by atoms with Gasteiger partial charge in [0, 0.05) is 10.5 Å². The average Bonchev–Trinajstić information content (AvgIpc) is 2.41. The van der Waals surface area contributed by atoms with Gasteiger partial charge in [0.2, 0.25) is 0 Å². The molecule has 2 aromatic carbocycles. The van der Waals surface area contributed by atoms with Gasteiger partial charge in [0.25, 0.3) is 5.69 Å². The maximum absolute atomic E-state index is 11.1. The maximum atomic E-state index is 11.1. The lowest BCUT2D eigenvalue weighted by Crippen LogP contribution is -2.00. The van der Waals surface area contributed by atoms with E-state index in [1.54, 1.807) is 6.07 Å². The number of carboxylic acid groups (broad SMARTS) is 1. The number of nitrogens with zero attached hydrogens (tertiary/aromatic N) is 1. The molecule has 2 rings (SSSR count). The van der Waals surface area contributed by atoms with E-state index in [0.29, 0.717) is 4.47 Å². The first-order chi connectivity index (χ1) is 9.47. The summed E-state index contributed by atoms with van der Waals surface area (Å²) >= 11 is 3.17. The molecule has 0 aliphatic carbocycles. The summed E-state index contributed by atoms with van der Waals surface area (Å²) in [5.74, 6) is -0.836. The summed E-state index contributed by atoms with van der Waals surface area (Å²) in [6.45, 7) is 0. The Morgan fingerprint density at radius 3 is 2.65 bits per heavy atom. The van der Waals surface area contributed by atoms with Crippen molar-refractivity contribution in [1.82, 2.24) is 0 Å². The smallest absolute Gasteiger partial charge is 0.339 e. The van der Waals surface area contributed by atoms with Crippen molar-refractivity contribution in [3.8, 4) is 11.5 Å². The van der Waals surface area contributed by atoms with E-state index in [-0.39, 0.29) is 22.7 Å². The number of nitro benzene ring substituents is 1. The maximum Gasteiger partial charge on any atom is 0.339 e. The first-order valence-corrected chi connectivity index (χ1v) is 6.22. The number of benzene rings is 2. The lowest BCUT2D eigenvalue weighted by Gasteiger charge is -2.08. The summed E-state index contributed by atoms with van der Waals surface area (Å²) in [6, 6.07) is 10.0. The van der Waals surface area contributed by atoms with Crippen LogP contribution in [0, 0.1) is 10.1 Å². The van der Waals surface area contributed by atoms with Crippen LogP contribution in [-0.4, -0.2) is 16.0 Å². The lowest BCUT2D eigenvalue weighted by molar-refractivity contribution is -0.384. The third kappa shape index (κ3) is 3.12. The normalized spacial score (nSPS) is 10.1. The Morgan fingerprint density at radius 1 is 1.25 bits per heavy atom. The van der Waals surface area contributed by atoms with Gasteiger partial charge in [-0.1, -0.05) is 22.0 Å². The van der Waals surface area contributed by atoms with E-state index in [9.17, 15) is 14.9 Å². The molecule has 0 unspecified atom stereocenters. The number of hydrogen-bond donors (Lipinski definition) is 1. The van der Waals surface area contributed by atoms with Crippen LogP contribution in [-0.2, 0) is 0 Å². The molecule has 20 heavy (non-hydrogen) atoms. The topological polar surface area (TPSA) is 89.7 Å². The molecule has 0 atom stereocenters. The Balaban J connectivity index is 2.37. The highest BCUT2D eigenvalue weighted by Gasteiger charge is 2.14. The highest BCUT2D eigenvalue weighted by atomic mass is 79.9. The number of nitro groups is 1. The molecule has 7 heteroatoms. The van der Waals surface area contributed by atoms with Crippen LogP contribution >= 0.6 is 15.9 Å². The number of rotatable bonds is 4. The summed E-state index contributed by atoms with van der Waals surface area (Å²) in [4.78, 5) is 21.3. The van der Waals surface area contributed by atoms with Crippen LogP contribution in [0.15, 0.2) is 46.9 Å². The van der Waals surface area contributed by atoms with Crippen molar-refractivity contribution in [2.75, 3.05) is 0 Å². The van der Waals surface area contributed by atoms with Crippen LogP contribution in [0.3, 0.4) is 0 Å². The van der Waals surface area contributed by atoms with Gasteiger partial charge in [0.1, 0.15) is 17.1 Å². The molecule has 0 saturated carbocycles. The van der Waals surface area contributed by atoms with Gasteiger partial charge in [-0.25, -0.2) is 4.79 Å². The van der Waals surface area contributed by atoms with Gasteiger partial charge < -0.3 is 9.84 Å². The predicted molar refractivity (Wildman–Crippen MR) is 74.3 cm³/mol. The van der Waals surface area contributed by atoms with Crippen molar-refractivity contribution in [2.45, 2.75) is 0 Å². The summed E-state index contributed by atoms with van der Waals surface area (Å²) in [5, 5.41) is 19.8. The fraction of sp³-hybridized carbons (Fsp3) is 0. The van der Waals surface area contributed by atoms with Crippen LogP contribution in [0.4, 0.5) is 5.69 Å². The molecule has 0 amide bonds. The zero-order valence-electron chi connectivity index (χ0n) is 9.95. The first-order valence-electron chi connectivity index (χ1n) is 5.42. The van der Waals surface area contributed by atoms with E-state index in [0.717, 1.165) is 0 Å². The molecule has 1 N–H and O–H groups in total. The van der Waals surface area contributed by atoms with Gasteiger partial charge in [-0.3, -0.25) is 10.1 Å². The Bertz CT molecular complexity index is 686. The highest BCUT2D eigenvalue weighted by molar-refractivity contribution is 9.10. The molecular weight excluding hydrogens is 330 g/mol. The molecule has 0 aliphatic heterocycles. The SMILES string of the molecule is O=C(O)c1cc(Br)ccc1Oc1cccc([N+](=O)[O-])c1. The van der Waals surface area contributed by atoms with E-state index in [2.05, 4.69) is 15.9 Å². The van der Waals surface area contributed by atoms with Crippen LogP contribution in [0.25, 0.3) is 0 Å². The summed E-state index contributed by atoms with van der Waals surface area (Å²) in [7, 11) is 0. The van der Waals surface area contributed by atoms with Crippen molar-refractivity contribution in [3.63, 3.8) is 0 Å². The third-order valence-corrected chi connectivity index (χ3v) is 2.92. The van der Waals surface area contributed by atoms with Gasteiger partial charge in [-0.2, -0.15) is 0 Å². The minimum atomic E-state index is -1.15. The minimum Gasteiger partial charge on any atom is -0.478 e. The van der Waals surface area contributed by atoms with Crippen molar-refractivity contribution in [2.24, 2.45) is 0 Å². The first kappa shape index (κ1) is 14.0. The molecular formula is C13H8BrNO5. The number of ether oxygens (including phenoxy) is 1. The molecule has 0 aliphatic rings. The van der Waals surface area contributed by atoms with E-state index in [1.807, 2.05) is 0 Å². The van der Waals surface area contributed by atoms with Crippen molar-refractivity contribution in [1.29, 1.82) is 0 Å². The van der Waals surface area contributed by atoms with E-state index in [1.165, 1.54) is 36.4 Å². The van der Waals surface area contributed by atoms with Crippen LogP contribution < -0.4 is 4.74 Å². The fourth-order valence-electron chi connectivity index (χ4n) is 1.55. The third-order valence-electron chi connectivity index (χ3n) is 2.43. The van der Waals surface area contributed by atoms with E-state index in [4.69, 9.17) is 9.84 Å². The Hall–Kier alpha value is -2.41. The zero-order valence-corrected chi connectivity index (χ0v) is 11.5. The summed E-state index contributed by atoms with van der Waals surface area (Å²) < 4.78 is 6.01. The second-order valence-electron chi connectivity index (χ2n) is 3.80. The molecule has 102 valence electrons. The van der Waals surface area contributed by atoms with Gasteiger partial charge >= 0.3 is 5.97 Å². The monoisotopic (exact) mass is 337 g/mol. The zero-order chi connectivity index (χ0) is 14.7. The van der Waals surface area contributed by atoms with Crippen LogP contribution in [0.1, 0.15) is 10.4 Å². The number of carbonyl (C=O) groups is 1. The predicted octanol–water partition coefficient (Wildman–Crippen LogP) is 3.85. The Kier molecular flexibility index (Phi) is 3.99. The second-order valence-corrected chi connectivity index (χ2v) is 4.72. The molecule has 0 radical (unpaired) electrons. The van der Waals surface area contributed by atoms with Crippen LogP contribution in [0.5, 0.6) is 11.5 Å². The quantitative estimate of drug-likeness (QED) is 0.676.